The number of hydrogen-bond acceptors (Lipinski definition) is 5. The summed E-state index contributed by atoms with van der Waals surface area (Å²) in [5, 5.41) is 4.31. The van der Waals surface area contributed by atoms with Gasteiger partial charge in [-0.3, -0.25) is 4.57 Å². The van der Waals surface area contributed by atoms with Crippen LogP contribution in [0.1, 0.15) is 18.4 Å². The molecule has 0 atom stereocenters. The van der Waals surface area contributed by atoms with E-state index in [1.165, 1.54) is 12.8 Å². The molecule has 0 aliphatic heterocycles. The van der Waals surface area contributed by atoms with Crippen LogP contribution in [0.4, 0.5) is 11.6 Å². The fraction of sp³-hybridized carbons (Fsp3) is 0.227. The van der Waals surface area contributed by atoms with Gasteiger partial charge in [0.2, 0.25) is 5.95 Å². The number of rotatable bonds is 6. The van der Waals surface area contributed by atoms with Crippen LogP contribution in [0.3, 0.4) is 0 Å². The van der Waals surface area contributed by atoms with Crippen molar-refractivity contribution in [1.29, 1.82) is 0 Å². The van der Waals surface area contributed by atoms with Gasteiger partial charge in [0.15, 0.2) is 5.65 Å². The highest BCUT2D eigenvalue weighted by atomic mass is 16.5. The molecule has 28 heavy (non-hydrogen) atoms. The topological polar surface area (TPSA) is 64.9 Å². The quantitative estimate of drug-likeness (QED) is 0.534. The Morgan fingerprint density at radius 3 is 2.89 bits per heavy atom. The summed E-state index contributed by atoms with van der Waals surface area (Å²) < 4.78 is 7.87. The van der Waals surface area contributed by atoms with E-state index in [1.807, 2.05) is 53.4 Å². The van der Waals surface area contributed by atoms with Crippen LogP contribution in [0.25, 0.3) is 16.9 Å². The summed E-state index contributed by atoms with van der Waals surface area (Å²) >= 11 is 0. The second-order valence-electron chi connectivity index (χ2n) is 7.20. The number of anilines is 2. The van der Waals surface area contributed by atoms with Crippen LogP contribution in [0.2, 0.25) is 0 Å². The Kier molecular flexibility index (Phi) is 4.16. The molecule has 1 N–H and O–H groups in total. The molecule has 140 valence electrons. The number of aryl methyl sites for hydroxylation is 1. The standard InChI is InChI=1S/C22H21N5O/c1-15-5-8-18(28-14-16-6-7-16)12-19(15)25-22-24-13-17-9-11-27(21(17)26-22)20-4-2-3-10-23-20/h2-5,8-13,16H,6-7,14H2,1H3,(H,24,25,26). The highest BCUT2D eigenvalue weighted by Gasteiger charge is 2.22. The highest BCUT2D eigenvalue weighted by molar-refractivity contribution is 5.78. The summed E-state index contributed by atoms with van der Waals surface area (Å²) in [5.74, 6) is 2.97. The molecule has 5 rings (SSSR count). The van der Waals surface area contributed by atoms with Gasteiger partial charge in [-0.1, -0.05) is 12.1 Å². The van der Waals surface area contributed by atoms with Crippen LogP contribution in [0, 0.1) is 12.8 Å². The zero-order chi connectivity index (χ0) is 18.9. The minimum absolute atomic E-state index is 0.547. The SMILES string of the molecule is Cc1ccc(OCC2CC2)cc1Nc1ncc2ccn(-c3ccccn3)c2n1. The average molecular weight is 371 g/mol. The fourth-order valence-electron chi connectivity index (χ4n) is 3.10. The van der Waals surface area contributed by atoms with Crippen molar-refractivity contribution in [2.24, 2.45) is 5.92 Å². The van der Waals surface area contributed by atoms with E-state index < -0.39 is 0 Å². The number of hydrogen-bond donors (Lipinski definition) is 1. The van der Waals surface area contributed by atoms with Gasteiger partial charge < -0.3 is 10.1 Å². The van der Waals surface area contributed by atoms with Crippen molar-refractivity contribution in [1.82, 2.24) is 19.5 Å². The van der Waals surface area contributed by atoms with E-state index in [2.05, 4.69) is 28.3 Å². The summed E-state index contributed by atoms with van der Waals surface area (Å²) in [6.07, 6.45) is 8.12. The predicted octanol–water partition coefficient (Wildman–Crippen LogP) is 4.66. The Labute approximate surface area is 163 Å². The van der Waals surface area contributed by atoms with Crippen LogP contribution in [-0.4, -0.2) is 26.1 Å². The van der Waals surface area contributed by atoms with Crippen molar-refractivity contribution >= 4 is 22.7 Å². The predicted molar refractivity (Wildman–Crippen MR) is 109 cm³/mol. The van der Waals surface area contributed by atoms with Crippen molar-refractivity contribution in [3.8, 4) is 11.6 Å². The Morgan fingerprint density at radius 2 is 2.07 bits per heavy atom. The summed E-state index contributed by atoms with van der Waals surface area (Å²) in [5.41, 5.74) is 2.88. The maximum Gasteiger partial charge on any atom is 0.229 e. The minimum atomic E-state index is 0.547. The molecule has 3 heterocycles. The molecule has 1 saturated carbocycles. The molecule has 1 aliphatic rings. The molecular formula is C22H21N5O. The smallest absolute Gasteiger partial charge is 0.229 e. The van der Waals surface area contributed by atoms with E-state index in [-0.39, 0.29) is 0 Å². The molecule has 6 nitrogen and oxygen atoms in total. The van der Waals surface area contributed by atoms with Crippen molar-refractivity contribution in [2.45, 2.75) is 19.8 Å². The second-order valence-corrected chi connectivity index (χ2v) is 7.20. The lowest BCUT2D eigenvalue weighted by atomic mass is 10.2. The third-order valence-corrected chi connectivity index (χ3v) is 4.96. The Bertz CT molecular complexity index is 1120. The number of ether oxygens (including phenoxy) is 1. The molecule has 6 heteroatoms. The van der Waals surface area contributed by atoms with E-state index in [0.29, 0.717) is 5.95 Å². The first-order chi connectivity index (χ1) is 13.8. The molecule has 1 aromatic carbocycles. The van der Waals surface area contributed by atoms with E-state index >= 15 is 0 Å². The van der Waals surface area contributed by atoms with Crippen LogP contribution in [-0.2, 0) is 0 Å². The molecule has 1 fully saturated rings. The van der Waals surface area contributed by atoms with Gasteiger partial charge >= 0.3 is 0 Å². The summed E-state index contributed by atoms with van der Waals surface area (Å²) in [6.45, 7) is 2.85. The molecule has 0 spiro atoms. The third kappa shape index (κ3) is 3.41. The summed E-state index contributed by atoms with van der Waals surface area (Å²) in [7, 11) is 0. The second kappa shape index (κ2) is 6.96. The summed E-state index contributed by atoms with van der Waals surface area (Å²) in [4.78, 5) is 13.6. The number of pyridine rings is 1. The first-order valence-electron chi connectivity index (χ1n) is 9.52. The van der Waals surface area contributed by atoms with Gasteiger partial charge in [-0.05, 0) is 55.5 Å². The molecular weight excluding hydrogens is 350 g/mol. The van der Waals surface area contributed by atoms with Gasteiger partial charge in [0.25, 0.3) is 0 Å². The summed E-state index contributed by atoms with van der Waals surface area (Å²) in [6, 6.07) is 13.9. The lowest BCUT2D eigenvalue weighted by Crippen LogP contribution is -2.03. The number of nitrogens with one attached hydrogen (secondary N) is 1. The Balaban J connectivity index is 1.44. The van der Waals surface area contributed by atoms with E-state index in [0.717, 1.165) is 46.4 Å². The van der Waals surface area contributed by atoms with E-state index in [4.69, 9.17) is 9.72 Å². The number of nitrogens with zero attached hydrogens (tertiary/aromatic N) is 4. The normalized spacial score (nSPS) is 13.6. The molecule has 3 aromatic heterocycles. The first-order valence-corrected chi connectivity index (χ1v) is 9.52. The van der Waals surface area contributed by atoms with E-state index in [1.54, 1.807) is 6.20 Å². The van der Waals surface area contributed by atoms with Gasteiger partial charge in [-0.2, -0.15) is 4.98 Å². The van der Waals surface area contributed by atoms with Crippen LogP contribution in [0.5, 0.6) is 5.75 Å². The monoisotopic (exact) mass is 371 g/mol. The molecule has 4 aromatic rings. The van der Waals surface area contributed by atoms with Crippen LogP contribution >= 0.6 is 0 Å². The number of aromatic nitrogens is 4. The lowest BCUT2D eigenvalue weighted by Gasteiger charge is -2.12. The van der Waals surface area contributed by atoms with Crippen LogP contribution < -0.4 is 10.1 Å². The third-order valence-electron chi connectivity index (χ3n) is 4.96. The van der Waals surface area contributed by atoms with E-state index in [9.17, 15) is 0 Å². The fourth-order valence-corrected chi connectivity index (χ4v) is 3.10. The maximum absolute atomic E-state index is 5.90. The van der Waals surface area contributed by atoms with Crippen molar-refractivity contribution < 1.29 is 4.74 Å². The maximum atomic E-state index is 5.90. The molecule has 1 aliphatic carbocycles. The molecule has 0 unspecified atom stereocenters. The Morgan fingerprint density at radius 1 is 1.14 bits per heavy atom. The molecule has 0 amide bonds. The zero-order valence-electron chi connectivity index (χ0n) is 15.7. The van der Waals surface area contributed by atoms with Crippen molar-refractivity contribution in [2.75, 3.05) is 11.9 Å². The van der Waals surface area contributed by atoms with Crippen molar-refractivity contribution in [3.63, 3.8) is 0 Å². The molecule has 0 saturated heterocycles. The zero-order valence-corrected chi connectivity index (χ0v) is 15.7. The van der Waals surface area contributed by atoms with Gasteiger partial charge in [0, 0.05) is 35.7 Å². The largest absolute Gasteiger partial charge is 0.493 e. The van der Waals surface area contributed by atoms with Gasteiger partial charge in [0.1, 0.15) is 11.6 Å². The Hall–Kier alpha value is -3.41. The van der Waals surface area contributed by atoms with Crippen molar-refractivity contribution in [3.05, 3.63) is 66.6 Å². The first kappa shape index (κ1) is 16.7. The van der Waals surface area contributed by atoms with Gasteiger partial charge in [-0.15, -0.1) is 0 Å². The van der Waals surface area contributed by atoms with Crippen LogP contribution in [0.15, 0.2) is 61.1 Å². The van der Waals surface area contributed by atoms with Gasteiger partial charge in [0.05, 0.1) is 6.61 Å². The average Bonchev–Trinajstić information content (AvgIpc) is 3.47. The number of fused-ring (bicyclic) bond motifs is 1. The molecule has 0 radical (unpaired) electrons. The van der Waals surface area contributed by atoms with Gasteiger partial charge in [-0.25, -0.2) is 9.97 Å². The molecule has 0 bridgehead atoms. The lowest BCUT2D eigenvalue weighted by molar-refractivity contribution is 0.300. The highest BCUT2D eigenvalue weighted by Crippen LogP contribution is 2.31. The minimum Gasteiger partial charge on any atom is -0.493 e. The number of benzene rings is 1.